The molecule has 0 heterocycles. The Morgan fingerprint density at radius 2 is 0.867 bits per heavy atom. The van der Waals surface area contributed by atoms with Crippen LogP contribution in [-0.2, 0) is 0 Å². The first-order valence-electron chi connectivity index (χ1n) is 4.61. The molecule has 0 aliphatic carbocycles. The molecule has 2 nitrogen and oxygen atoms in total. The zero-order valence-electron chi connectivity index (χ0n) is 8.80. The second-order valence-electron chi connectivity index (χ2n) is 2.56. The topological polar surface area (TPSA) is 6.48 Å². The third kappa shape index (κ3) is 14.8. The maximum absolute atomic E-state index is 2.31. The van der Waals surface area contributed by atoms with Crippen molar-refractivity contribution in [2.75, 3.05) is 26.2 Å². The average molecular weight is 322 g/mol. The molecule has 0 amide bonds. The normalized spacial score (nSPS) is 8.13. The molecule has 0 saturated heterocycles. The van der Waals surface area contributed by atoms with Crippen LogP contribution in [0.2, 0.25) is 0 Å². The van der Waals surface area contributed by atoms with E-state index in [1.807, 2.05) is 0 Å². The molecule has 4 heteroatoms. The van der Waals surface area contributed by atoms with Crippen molar-refractivity contribution in [1.82, 2.24) is 9.62 Å². The summed E-state index contributed by atoms with van der Waals surface area (Å²) in [6.45, 7) is 13.2. The Hall–Kier alpha value is 0.784. The van der Waals surface area contributed by atoms with Crippen molar-refractivity contribution in [3.8, 4) is 0 Å². The summed E-state index contributed by atoms with van der Waals surface area (Å²) in [5.74, 6) is 0. The van der Waals surface area contributed by atoms with Crippen LogP contribution in [0.3, 0.4) is 0 Å². The van der Waals surface area contributed by atoms with Gasteiger partial charge in [-0.1, -0.05) is 50.0 Å². The SMILES string of the molecule is C.C.C.CCN([B]N(CC)CC)CC.[Sn]. The van der Waals surface area contributed by atoms with Gasteiger partial charge in [-0.05, 0) is 26.2 Å². The zero-order valence-corrected chi connectivity index (χ0v) is 11.7. The first kappa shape index (κ1) is 29.7. The molecule has 15 heavy (non-hydrogen) atoms. The van der Waals surface area contributed by atoms with Crippen LogP contribution in [-0.4, -0.2) is 67.3 Å². The fourth-order valence-electron chi connectivity index (χ4n) is 1.00. The quantitative estimate of drug-likeness (QED) is 0.694. The van der Waals surface area contributed by atoms with Crippen LogP contribution < -0.4 is 0 Å². The summed E-state index contributed by atoms with van der Waals surface area (Å²) in [6.07, 6.45) is 0. The van der Waals surface area contributed by atoms with Crippen LogP contribution in [0.4, 0.5) is 0 Å². The summed E-state index contributed by atoms with van der Waals surface area (Å²) in [4.78, 5) is 4.62. The number of nitrogens with zero attached hydrogens (tertiary/aromatic N) is 2. The van der Waals surface area contributed by atoms with Crippen molar-refractivity contribution in [1.29, 1.82) is 0 Å². The standard InChI is InChI=1S/C8H20BN2.3CH4.Sn/c1-5-10(6-2)9-11(7-3)8-4;;;;/h5-8H2,1-4H3;3*1H4;. The summed E-state index contributed by atoms with van der Waals surface area (Å²) in [7, 11) is 2.22. The van der Waals surface area contributed by atoms with Crippen LogP contribution >= 0.6 is 0 Å². The van der Waals surface area contributed by atoms with E-state index in [2.05, 4.69) is 44.9 Å². The summed E-state index contributed by atoms with van der Waals surface area (Å²) in [5, 5.41) is 0. The van der Waals surface area contributed by atoms with E-state index in [0.29, 0.717) is 0 Å². The van der Waals surface area contributed by atoms with Crippen molar-refractivity contribution in [3.05, 3.63) is 0 Å². The zero-order chi connectivity index (χ0) is 8.69. The van der Waals surface area contributed by atoms with Crippen molar-refractivity contribution >= 4 is 31.5 Å². The van der Waals surface area contributed by atoms with Gasteiger partial charge in [0.2, 0.25) is 0 Å². The summed E-state index contributed by atoms with van der Waals surface area (Å²) in [6, 6.07) is 0. The molecular weight excluding hydrogens is 290 g/mol. The van der Waals surface area contributed by atoms with E-state index in [0.717, 1.165) is 26.2 Å². The van der Waals surface area contributed by atoms with Crippen molar-refractivity contribution in [2.45, 2.75) is 50.0 Å². The molecule has 0 aliphatic heterocycles. The monoisotopic (exact) mass is 323 g/mol. The molecule has 0 N–H and O–H groups in total. The van der Waals surface area contributed by atoms with Gasteiger partial charge in [-0.15, -0.1) is 0 Å². The second kappa shape index (κ2) is 20.2. The van der Waals surface area contributed by atoms with Crippen LogP contribution in [0.1, 0.15) is 50.0 Å². The Morgan fingerprint density at radius 3 is 1.00 bits per heavy atom. The predicted octanol–water partition coefficient (Wildman–Crippen LogP) is 2.73. The van der Waals surface area contributed by atoms with Gasteiger partial charge in [0.05, 0.1) is 0 Å². The number of hydrogen-bond acceptors (Lipinski definition) is 2. The second-order valence-corrected chi connectivity index (χ2v) is 2.56. The van der Waals surface area contributed by atoms with Gasteiger partial charge >= 0.3 is 7.55 Å². The smallest absolute Gasteiger partial charge is 0.313 e. The van der Waals surface area contributed by atoms with Crippen LogP contribution in [0.5, 0.6) is 0 Å². The first-order valence-corrected chi connectivity index (χ1v) is 4.61. The van der Waals surface area contributed by atoms with Crippen LogP contribution in [0.25, 0.3) is 0 Å². The molecular formula is C11H32BN2Sn. The molecule has 0 atom stereocenters. The molecule has 0 spiro atoms. The predicted molar refractivity (Wildman–Crippen MR) is 77.5 cm³/mol. The Bertz CT molecular complexity index is 76.7. The maximum atomic E-state index is 2.31. The van der Waals surface area contributed by atoms with E-state index in [9.17, 15) is 0 Å². The van der Waals surface area contributed by atoms with E-state index in [1.54, 1.807) is 0 Å². The van der Waals surface area contributed by atoms with E-state index in [-0.39, 0.29) is 46.2 Å². The average Bonchev–Trinajstić information content (AvgIpc) is 2.07. The molecule has 0 aromatic rings. The molecule has 0 aliphatic rings. The Kier molecular flexibility index (Phi) is 40.0. The van der Waals surface area contributed by atoms with Crippen LogP contribution in [0, 0.1) is 0 Å². The van der Waals surface area contributed by atoms with Crippen molar-refractivity contribution in [2.24, 2.45) is 0 Å². The molecule has 0 rings (SSSR count). The molecule has 0 fully saturated rings. The molecule has 0 bridgehead atoms. The van der Waals surface area contributed by atoms with Gasteiger partial charge in [0, 0.05) is 23.9 Å². The molecule has 0 unspecified atom stereocenters. The fourth-order valence-corrected chi connectivity index (χ4v) is 1.00. The van der Waals surface area contributed by atoms with E-state index < -0.39 is 0 Å². The van der Waals surface area contributed by atoms with Gasteiger partial charge in [-0.2, -0.15) is 0 Å². The third-order valence-electron chi connectivity index (χ3n) is 1.95. The van der Waals surface area contributed by atoms with Gasteiger partial charge in [0.25, 0.3) is 0 Å². The summed E-state index contributed by atoms with van der Waals surface area (Å²) < 4.78 is 0. The van der Waals surface area contributed by atoms with Gasteiger partial charge in [-0.25, -0.2) is 0 Å². The van der Waals surface area contributed by atoms with Gasteiger partial charge < -0.3 is 9.62 Å². The van der Waals surface area contributed by atoms with E-state index >= 15 is 0 Å². The Labute approximate surface area is 117 Å². The molecule has 93 valence electrons. The fraction of sp³-hybridized carbons (Fsp3) is 1.00. The number of rotatable bonds is 6. The van der Waals surface area contributed by atoms with Crippen molar-refractivity contribution in [3.63, 3.8) is 0 Å². The Morgan fingerprint density at radius 1 is 0.667 bits per heavy atom. The van der Waals surface area contributed by atoms with Gasteiger partial charge in [-0.3, -0.25) is 0 Å². The largest absolute Gasteiger partial charge is 0.332 e. The van der Waals surface area contributed by atoms with Crippen molar-refractivity contribution < 1.29 is 0 Å². The maximum Gasteiger partial charge on any atom is 0.313 e. The van der Waals surface area contributed by atoms with E-state index in [4.69, 9.17) is 0 Å². The van der Waals surface area contributed by atoms with Gasteiger partial charge in [0.15, 0.2) is 0 Å². The minimum Gasteiger partial charge on any atom is -0.332 e. The summed E-state index contributed by atoms with van der Waals surface area (Å²) in [5.41, 5.74) is 0. The molecule has 0 aromatic heterocycles. The first-order chi connectivity index (χ1) is 5.28. The molecule has 0 saturated carbocycles. The summed E-state index contributed by atoms with van der Waals surface area (Å²) >= 11 is 0. The number of hydrogen-bond donors (Lipinski definition) is 0. The third-order valence-corrected chi connectivity index (χ3v) is 1.95. The minimum atomic E-state index is 0. The van der Waals surface area contributed by atoms with Crippen LogP contribution in [0.15, 0.2) is 0 Å². The molecule has 5 radical (unpaired) electrons. The molecule has 0 aromatic carbocycles. The Balaban J connectivity index is -0.0000000833. The van der Waals surface area contributed by atoms with Gasteiger partial charge in [0.1, 0.15) is 0 Å². The van der Waals surface area contributed by atoms with E-state index in [1.165, 1.54) is 0 Å². The minimum absolute atomic E-state index is 0.